The Morgan fingerprint density at radius 2 is 0.545 bits per heavy atom. The average Bonchev–Trinajstić information content (AvgIpc) is 1.14. The van der Waals surface area contributed by atoms with E-state index < -0.39 is 97.5 Å². The molecule has 0 spiro atoms. The molecule has 0 aromatic carbocycles. The molecule has 3 N–H and O–H groups in total. The van der Waals surface area contributed by atoms with Crippen molar-refractivity contribution in [3.05, 3.63) is 24.3 Å². The number of hydrogen-bond acceptors (Lipinski definition) is 15. The third-order valence-corrected chi connectivity index (χ3v) is 20.0. The van der Waals surface area contributed by atoms with E-state index in [0.717, 1.165) is 121 Å². The van der Waals surface area contributed by atoms with Gasteiger partial charge in [-0.25, -0.2) is 9.13 Å². The highest BCUT2D eigenvalue weighted by Gasteiger charge is 2.30. The fraction of sp³-hybridized carbons (Fsp3) is 0.900. The van der Waals surface area contributed by atoms with Crippen LogP contribution in [0, 0.1) is 11.8 Å². The third kappa shape index (κ3) is 73.6. The van der Waals surface area contributed by atoms with Crippen molar-refractivity contribution < 1.29 is 80.2 Å². The molecule has 2 unspecified atom stereocenters. The first-order chi connectivity index (χ1) is 47.9. The van der Waals surface area contributed by atoms with Gasteiger partial charge < -0.3 is 33.8 Å². The van der Waals surface area contributed by atoms with Crippen molar-refractivity contribution >= 4 is 39.5 Å². The summed E-state index contributed by atoms with van der Waals surface area (Å²) in [6.07, 6.45) is 63.0. The Morgan fingerprint density at radius 1 is 0.313 bits per heavy atom. The predicted octanol–water partition coefficient (Wildman–Crippen LogP) is 23.4. The fourth-order valence-corrected chi connectivity index (χ4v) is 13.4. The molecule has 99 heavy (non-hydrogen) atoms. The van der Waals surface area contributed by atoms with Crippen LogP contribution in [0.25, 0.3) is 0 Å². The van der Waals surface area contributed by atoms with Crippen LogP contribution in [0.2, 0.25) is 0 Å². The molecule has 0 saturated heterocycles. The molecule has 19 heteroatoms. The number of unbranched alkanes of at least 4 members (excludes halogenated alkanes) is 44. The first-order valence-electron chi connectivity index (χ1n) is 40.8. The summed E-state index contributed by atoms with van der Waals surface area (Å²) >= 11 is 0. The predicted molar refractivity (Wildman–Crippen MR) is 404 cm³/mol. The minimum absolute atomic E-state index is 0.100. The Bertz CT molecular complexity index is 2000. The smallest absolute Gasteiger partial charge is 0.462 e. The van der Waals surface area contributed by atoms with Crippen molar-refractivity contribution in [1.82, 2.24) is 0 Å². The summed E-state index contributed by atoms with van der Waals surface area (Å²) in [5, 5.41) is 10.6. The minimum Gasteiger partial charge on any atom is -0.462 e. The number of esters is 4. The van der Waals surface area contributed by atoms with Crippen LogP contribution in [0.4, 0.5) is 0 Å². The van der Waals surface area contributed by atoms with E-state index in [1.807, 2.05) is 0 Å². The number of allylic oxidation sites excluding steroid dienone is 4. The quantitative estimate of drug-likeness (QED) is 0.0169. The maximum Gasteiger partial charge on any atom is 0.472 e. The van der Waals surface area contributed by atoms with E-state index in [1.54, 1.807) is 0 Å². The van der Waals surface area contributed by atoms with Gasteiger partial charge in [0.25, 0.3) is 0 Å². The van der Waals surface area contributed by atoms with Crippen molar-refractivity contribution in [2.45, 2.75) is 413 Å². The maximum atomic E-state index is 13.1. The SMILES string of the molecule is CCCCCC/C=C\C=C/CCCCCCCC(=O)OC[C@H](COP(=O)(O)OC[C@@H](O)COP(=O)(O)OC[C@@H](COC(=O)CCCCCCCCCCCCCCC)OC(=O)CCCCCCCCCCCCCCC(C)C)OC(=O)CCCCCCCCCCCCCCCC(C)C. The first-order valence-corrected chi connectivity index (χ1v) is 43.8. The molecule has 0 aliphatic carbocycles. The Kier molecular flexibility index (Phi) is 69.4. The van der Waals surface area contributed by atoms with Gasteiger partial charge in [0.2, 0.25) is 0 Å². The van der Waals surface area contributed by atoms with Gasteiger partial charge in [0.05, 0.1) is 26.4 Å². The Morgan fingerprint density at radius 3 is 0.828 bits per heavy atom. The normalized spacial score (nSPS) is 14.1. The maximum absolute atomic E-state index is 13.1. The molecule has 0 aliphatic rings. The van der Waals surface area contributed by atoms with E-state index >= 15 is 0 Å². The van der Waals surface area contributed by atoms with E-state index in [1.165, 1.54) is 193 Å². The highest BCUT2D eigenvalue weighted by Crippen LogP contribution is 2.45. The Labute approximate surface area is 605 Å². The number of rotatable bonds is 77. The van der Waals surface area contributed by atoms with Crippen LogP contribution in [0.3, 0.4) is 0 Å². The lowest BCUT2D eigenvalue weighted by molar-refractivity contribution is -0.161. The Balaban J connectivity index is 5.31. The van der Waals surface area contributed by atoms with Gasteiger partial charge in [0.1, 0.15) is 19.3 Å². The molecule has 584 valence electrons. The zero-order chi connectivity index (χ0) is 72.8. The number of phosphoric acid groups is 2. The minimum atomic E-state index is -4.97. The lowest BCUT2D eigenvalue weighted by Gasteiger charge is -2.21. The standard InChI is InChI=1S/C80H152O17P2/c1-7-9-11-13-15-17-19-21-22-26-33-39-45-51-57-63-78(83)91-69-75(96-79(84)64-58-52-46-40-34-27-23-25-30-36-42-48-54-60-72(3)4)70-94-98(86,87)92-66-74(81)67-93-99(88,89)95-71-76(68-90-77(82)62-56-50-44-38-32-24-20-18-16-14-12-10-8-2)97-80(85)65-59-53-47-41-35-29-28-31-37-43-49-55-61-73(5)6/h17,19,21-22,72-76,81H,7-16,18,20,23-71H2,1-6H3,(H,86,87)(H,88,89)/b19-17-,22-21-/t74-,75-,76-/m1/s1. The van der Waals surface area contributed by atoms with E-state index in [9.17, 15) is 43.2 Å². The summed E-state index contributed by atoms with van der Waals surface area (Å²) in [5.74, 6) is -0.579. The highest BCUT2D eigenvalue weighted by molar-refractivity contribution is 7.47. The Hall–Kier alpha value is -2.46. The van der Waals surface area contributed by atoms with E-state index in [2.05, 4.69) is 65.8 Å². The van der Waals surface area contributed by atoms with Crippen LogP contribution in [0.15, 0.2) is 24.3 Å². The van der Waals surface area contributed by atoms with Crippen molar-refractivity contribution in [2.75, 3.05) is 39.6 Å². The first kappa shape index (κ1) is 96.5. The van der Waals surface area contributed by atoms with Crippen molar-refractivity contribution in [2.24, 2.45) is 11.8 Å². The number of carbonyl (C=O) groups is 4. The lowest BCUT2D eigenvalue weighted by atomic mass is 10.0. The zero-order valence-corrected chi connectivity index (χ0v) is 66.1. The van der Waals surface area contributed by atoms with Gasteiger partial charge >= 0.3 is 39.5 Å². The van der Waals surface area contributed by atoms with E-state index in [-0.39, 0.29) is 25.7 Å². The molecule has 0 aromatic heterocycles. The molecule has 0 saturated carbocycles. The van der Waals surface area contributed by atoms with Crippen LogP contribution >= 0.6 is 15.6 Å². The second-order valence-electron chi connectivity index (χ2n) is 29.1. The molecule has 17 nitrogen and oxygen atoms in total. The molecule has 0 fully saturated rings. The summed E-state index contributed by atoms with van der Waals surface area (Å²) in [5.41, 5.74) is 0. The number of ether oxygens (including phenoxy) is 4. The summed E-state index contributed by atoms with van der Waals surface area (Å²) < 4.78 is 68.7. The van der Waals surface area contributed by atoms with E-state index in [4.69, 9.17) is 37.0 Å². The molecule has 0 rings (SSSR count). The molecule has 0 radical (unpaired) electrons. The summed E-state index contributed by atoms with van der Waals surface area (Å²) in [7, 11) is -9.93. The lowest BCUT2D eigenvalue weighted by Crippen LogP contribution is -2.30. The molecular weight excluding hydrogens is 1290 g/mol. The van der Waals surface area contributed by atoms with Crippen LogP contribution in [0.5, 0.6) is 0 Å². The number of carbonyl (C=O) groups excluding carboxylic acids is 4. The number of aliphatic hydroxyl groups excluding tert-OH is 1. The van der Waals surface area contributed by atoms with Crippen LogP contribution < -0.4 is 0 Å². The largest absolute Gasteiger partial charge is 0.472 e. The average molecular weight is 1450 g/mol. The molecule has 5 atom stereocenters. The summed E-state index contributed by atoms with van der Waals surface area (Å²) in [4.78, 5) is 73.0. The van der Waals surface area contributed by atoms with Gasteiger partial charge in [0.15, 0.2) is 12.2 Å². The van der Waals surface area contributed by atoms with Gasteiger partial charge in [-0.3, -0.25) is 37.3 Å². The van der Waals surface area contributed by atoms with Crippen molar-refractivity contribution in [1.29, 1.82) is 0 Å². The van der Waals surface area contributed by atoms with Crippen LogP contribution in [-0.4, -0.2) is 96.7 Å². The molecule has 0 amide bonds. The summed E-state index contributed by atoms with van der Waals surface area (Å²) in [6.45, 7) is 9.59. The van der Waals surface area contributed by atoms with Crippen LogP contribution in [0.1, 0.15) is 395 Å². The highest BCUT2D eigenvalue weighted by atomic mass is 31.2. The molecule has 0 heterocycles. The number of aliphatic hydroxyl groups is 1. The second-order valence-corrected chi connectivity index (χ2v) is 32.0. The van der Waals surface area contributed by atoms with Crippen molar-refractivity contribution in [3.8, 4) is 0 Å². The zero-order valence-electron chi connectivity index (χ0n) is 64.3. The molecule has 0 bridgehead atoms. The molecule has 0 aliphatic heterocycles. The molecular formula is C80H152O17P2. The van der Waals surface area contributed by atoms with E-state index in [0.29, 0.717) is 25.7 Å². The van der Waals surface area contributed by atoms with Gasteiger partial charge in [-0.2, -0.15) is 0 Å². The van der Waals surface area contributed by atoms with Gasteiger partial charge in [0, 0.05) is 25.7 Å². The number of hydrogen-bond donors (Lipinski definition) is 3. The second kappa shape index (κ2) is 71.2. The summed E-state index contributed by atoms with van der Waals surface area (Å²) in [6, 6.07) is 0. The fourth-order valence-electron chi connectivity index (χ4n) is 11.8. The topological polar surface area (TPSA) is 237 Å². The van der Waals surface area contributed by atoms with Gasteiger partial charge in [-0.05, 0) is 63.2 Å². The van der Waals surface area contributed by atoms with Crippen LogP contribution in [-0.2, 0) is 65.4 Å². The third-order valence-electron chi connectivity index (χ3n) is 18.1. The number of phosphoric ester groups is 2. The molecule has 0 aromatic rings. The van der Waals surface area contributed by atoms with Gasteiger partial charge in [-0.1, -0.05) is 342 Å². The van der Waals surface area contributed by atoms with Gasteiger partial charge in [-0.15, -0.1) is 0 Å². The van der Waals surface area contributed by atoms with Crippen molar-refractivity contribution in [3.63, 3.8) is 0 Å². The monoisotopic (exact) mass is 1450 g/mol.